The van der Waals surface area contributed by atoms with Crippen LogP contribution in [-0.2, 0) is 9.59 Å². The van der Waals surface area contributed by atoms with Crippen molar-refractivity contribution in [2.75, 3.05) is 14.2 Å². The van der Waals surface area contributed by atoms with Crippen molar-refractivity contribution in [2.45, 2.75) is 70.9 Å². The first-order chi connectivity index (χ1) is 19.3. The summed E-state index contributed by atoms with van der Waals surface area (Å²) in [6, 6.07) is 15.0. The van der Waals surface area contributed by atoms with E-state index in [0.717, 1.165) is 35.0 Å². The maximum atomic E-state index is 13.9. The van der Waals surface area contributed by atoms with Crippen molar-refractivity contribution in [3.8, 4) is 11.5 Å². The van der Waals surface area contributed by atoms with Crippen LogP contribution in [0.2, 0.25) is 0 Å². The molecule has 2 amide bonds. The number of rotatable bonds is 6. The van der Waals surface area contributed by atoms with E-state index in [-0.39, 0.29) is 28.8 Å². The van der Waals surface area contributed by atoms with Crippen LogP contribution in [0.4, 0.5) is 0 Å². The predicted molar refractivity (Wildman–Crippen MR) is 155 cm³/mol. The van der Waals surface area contributed by atoms with Gasteiger partial charge in [-0.2, -0.15) is 0 Å². The van der Waals surface area contributed by atoms with Gasteiger partial charge >= 0.3 is 0 Å². The Morgan fingerprint density at radius 2 is 1.50 bits per heavy atom. The normalized spacial score (nSPS) is 32.7. The maximum Gasteiger partial charge on any atom is 0.257 e. The number of carbonyl (C=O) groups excluding carboxylic acids is 2. The molecule has 0 aromatic heterocycles. The molecule has 1 unspecified atom stereocenters. The quantitative estimate of drug-likeness (QED) is 0.441. The molecular formula is C34H42N2O4. The van der Waals surface area contributed by atoms with Gasteiger partial charge in [0.1, 0.15) is 17.1 Å². The Balaban J connectivity index is 1.31. The van der Waals surface area contributed by atoms with Gasteiger partial charge < -0.3 is 20.1 Å². The highest BCUT2D eigenvalue weighted by Crippen LogP contribution is 2.63. The molecule has 0 saturated heterocycles. The lowest BCUT2D eigenvalue weighted by atomic mass is 9.48. The average molecular weight is 543 g/mol. The highest BCUT2D eigenvalue weighted by atomic mass is 16.5. The van der Waals surface area contributed by atoms with Gasteiger partial charge in [0.25, 0.3) is 11.8 Å². The van der Waals surface area contributed by atoms with Crippen molar-refractivity contribution in [3.05, 3.63) is 71.3 Å². The van der Waals surface area contributed by atoms with Gasteiger partial charge in [-0.15, -0.1) is 0 Å². The summed E-state index contributed by atoms with van der Waals surface area (Å²) in [7, 11) is 3.27. The first-order valence-corrected chi connectivity index (χ1v) is 14.9. The Bertz CT molecular complexity index is 1250. The second kappa shape index (κ2) is 10.3. The van der Waals surface area contributed by atoms with Gasteiger partial charge in [-0.3, -0.25) is 9.59 Å². The molecule has 6 heteroatoms. The molecule has 2 aromatic rings. The Kier molecular flexibility index (Phi) is 6.92. The first kappa shape index (κ1) is 26.9. The first-order valence-electron chi connectivity index (χ1n) is 14.9. The molecule has 0 radical (unpaired) electrons. The lowest BCUT2D eigenvalue weighted by Gasteiger charge is -2.58. The summed E-state index contributed by atoms with van der Waals surface area (Å²) in [5, 5.41) is 6.48. The van der Waals surface area contributed by atoms with Crippen LogP contribution < -0.4 is 20.1 Å². The van der Waals surface area contributed by atoms with E-state index in [9.17, 15) is 9.59 Å². The molecule has 6 nitrogen and oxygen atoms in total. The lowest BCUT2D eigenvalue weighted by Crippen LogP contribution is -2.60. The van der Waals surface area contributed by atoms with Gasteiger partial charge in [-0.1, -0.05) is 50.6 Å². The van der Waals surface area contributed by atoms with E-state index in [1.807, 2.05) is 48.5 Å². The number of carbonyl (C=O) groups is 2. The van der Waals surface area contributed by atoms with Crippen molar-refractivity contribution >= 4 is 11.8 Å². The molecule has 4 aliphatic rings. The third-order valence-electron chi connectivity index (χ3n) is 11.0. The van der Waals surface area contributed by atoms with Gasteiger partial charge in [0.05, 0.1) is 20.3 Å². The van der Waals surface area contributed by atoms with Crippen molar-refractivity contribution in [1.29, 1.82) is 0 Å². The molecule has 40 heavy (non-hydrogen) atoms. The monoisotopic (exact) mass is 542 g/mol. The minimum atomic E-state index is -0.434. The van der Waals surface area contributed by atoms with Crippen LogP contribution in [0.15, 0.2) is 60.2 Å². The molecule has 3 aliphatic carbocycles. The van der Waals surface area contributed by atoms with E-state index in [4.69, 9.17) is 9.47 Å². The van der Waals surface area contributed by atoms with Gasteiger partial charge in [0, 0.05) is 11.5 Å². The molecule has 1 aliphatic heterocycles. The van der Waals surface area contributed by atoms with Gasteiger partial charge in [-0.05, 0) is 97.1 Å². The summed E-state index contributed by atoms with van der Waals surface area (Å²) in [5.41, 5.74) is 2.31. The Morgan fingerprint density at radius 3 is 2.10 bits per heavy atom. The van der Waals surface area contributed by atoms with Gasteiger partial charge in [0.15, 0.2) is 0 Å². The number of benzene rings is 2. The van der Waals surface area contributed by atoms with E-state index in [1.54, 1.807) is 14.2 Å². The summed E-state index contributed by atoms with van der Waals surface area (Å²) in [6.45, 7) is 4.80. The largest absolute Gasteiger partial charge is 0.497 e. The summed E-state index contributed by atoms with van der Waals surface area (Å²) in [4.78, 5) is 27.3. The van der Waals surface area contributed by atoms with Crippen LogP contribution in [-0.4, -0.2) is 32.1 Å². The summed E-state index contributed by atoms with van der Waals surface area (Å²) < 4.78 is 10.7. The molecule has 2 aromatic carbocycles. The number of fused-ring (bicyclic) bond motifs is 5. The average Bonchev–Trinajstić information content (AvgIpc) is 3.38. The number of hydrogen-bond donors (Lipinski definition) is 2. The smallest absolute Gasteiger partial charge is 0.257 e. The molecule has 0 bridgehead atoms. The van der Waals surface area contributed by atoms with Crippen LogP contribution in [0.1, 0.15) is 76.0 Å². The molecular weight excluding hydrogens is 500 g/mol. The minimum Gasteiger partial charge on any atom is -0.497 e. The van der Waals surface area contributed by atoms with E-state index >= 15 is 0 Å². The zero-order chi connectivity index (χ0) is 28.1. The predicted octanol–water partition coefficient (Wildman–Crippen LogP) is 5.97. The van der Waals surface area contributed by atoms with Crippen molar-refractivity contribution in [2.24, 2.45) is 28.6 Å². The number of hydrogen-bond acceptors (Lipinski definition) is 4. The topological polar surface area (TPSA) is 76.7 Å². The second-order valence-electron chi connectivity index (χ2n) is 12.9. The van der Waals surface area contributed by atoms with Crippen LogP contribution in [0, 0.1) is 28.6 Å². The van der Waals surface area contributed by atoms with Crippen molar-refractivity contribution < 1.29 is 19.1 Å². The fourth-order valence-corrected chi connectivity index (χ4v) is 8.76. The van der Waals surface area contributed by atoms with E-state index in [2.05, 4.69) is 30.6 Å². The fraction of sp³-hybridized carbons (Fsp3) is 0.529. The molecule has 3 fully saturated rings. The Morgan fingerprint density at radius 1 is 0.875 bits per heavy atom. The van der Waals surface area contributed by atoms with E-state index < -0.39 is 6.04 Å². The minimum absolute atomic E-state index is 0.0857. The summed E-state index contributed by atoms with van der Waals surface area (Å²) in [6.07, 6.45) is 10.7. The molecule has 6 rings (SSSR count). The van der Waals surface area contributed by atoms with Gasteiger partial charge in [0.2, 0.25) is 0 Å². The highest BCUT2D eigenvalue weighted by molar-refractivity contribution is 6.19. The number of nitrogens with one attached hydrogen (secondary N) is 2. The SMILES string of the molecule is COc1ccc(C(NC(=O)C2=C[C@@]3(C)C(CC[C@@H]4[C@H]3CC[C@]3(C)CCC[C@@H]43)NC2=O)c2ccc(OC)cc2)cc1. The molecule has 212 valence electrons. The number of methoxy groups -OCH3 is 2. The molecule has 6 atom stereocenters. The molecule has 0 spiro atoms. The van der Waals surface area contributed by atoms with Crippen LogP contribution in [0.5, 0.6) is 11.5 Å². The zero-order valence-electron chi connectivity index (χ0n) is 24.2. The molecule has 2 N–H and O–H groups in total. The highest BCUT2D eigenvalue weighted by Gasteiger charge is 2.58. The summed E-state index contributed by atoms with van der Waals surface area (Å²) in [5.74, 6) is 2.82. The van der Waals surface area contributed by atoms with Gasteiger partial charge in [-0.25, -0.2) is 0 Å². The lowest BCUT2D eigenvalue weighted by molar-refractivity contribution is -0.128. The fourth-order valence-electron chi connectivity index (χ4n) is 8.76. The maximum absolute atomic E-state index is 13.9. The number of ether oxygens (including phenoxy) is 2. The summed E-state index contributed by atoms with van der Waals surface area (Å²) >= 11 is 0. The Hall–Kier alpha value is -3.28. The van der Waals surface area contributed by atoms with Crippen LogP contribution in [0.3, 0.4) is 0 Å². The molecule has 3 saturated carbocycles. The van der Waals surface area contributed by atoms with Crippen molar-refractivity contribution in [3.63, 3.8) is 0 Å². The van der Waals surface area contributed by atoms with E-state index in [0.29, 0.717) is 17.3 Å². The second-order valence-corrected chi connectivity index (χ2v) is 12.9. The van der Waals surface area contributed by atoms with Crippen LogP contribution in [0.25, 0.3) is 0 Å². The third kappa shape index (κ3) is 4.49. The van der Waals surface area contributed by atoms with Crippen molar-refractivity contribution in [1.82, 2.24) is 10.6 Å². The standard InChI is InChI=1S/C34H42N2O4/c1-33-18-5-6-27(33)25-15-16-29-34(2,28(25)17-19-33)20-26(31(37)35-29)32(38)36-30(21-7-11-23(39-3)12-8-21)22-9-13-24(40-4)14-10-22/h7-14,20,25,27-30H,5-6,15-19H2,1-4H3,(H,35,37)(H,36,38)/t25-,27-,28+,29?,33-,34+/m0/s1. The Labute approximate surface area is 237 Å². The zero-order valence-corrected chi connectivity index (χ0v) is 24.2. The molecule has 1 heterocycles. The van der Waals surface area contributed by atoms with E-state index in [1.165, 1.54) is 38.5 Å². The van der Waals surface area contributed by atoms with Crippen LogP contribution >= 0.6 is 0 Å². The third-order valence-corrected chi connectivity index (χ3v) is 11.0. The number of amides is 2.